The number of nitrogens with one attached hydrogen (secondary N) is 1. The van der Waals surface area contributed by atoms with Crippen molar-refractivity contribution in [3.8, 4) is 5.75 Å². The van der Waals surface area contributed by atoms with Crippen molar-refractivity contribution < 1.29 is 18.6 Å². The molecule has 0 unspecified atom stereocenters. The molecule has 0 heterocycles. The van der Waals surface area contributed by atoms with Crippen molar-refractivity contribution in [2.24, 2.45) is 0 Å². The number of carbonyl (C=O) groups is 1. The molecule has 0 aliphatic carbocycles. The summed E-state index contributed by atoms with van der Waals surface area (Å²) in [6.45, 7) is 3.69. The van der Waals surface area contributed by atoms with Crippen LogP contribution < -0.4 is 9.61 Å². The van der Waals surface area contributed by atoms with Crippen LogP contribution in [0.3, 0.4) is 0 Å². The quantitative estimate of drug-likeness (QED) is 0.366. The molecule has 1 N–H and O–H groups in total. The first-order valence-corrected chi connectivity index (χ1v) is 12.4. The Morgan fingerprint density at radius 2 is 1.89 bits per heavy atom. The van der Waals surface area contributed by atoms with Gasteiger partial charge in [-0.05, 0) is 74.5 Å². The Kier molecular flexibility index (Phi) is 8.44. The van der Waals surface area contributed by atoms with E-state index in [4.69, 9.17) is 20.9 Å². The lowest BCUT2D eigenvalue weighted by Gasteiger charge is -2.23. The van der Waals surface area contributed by atoms with Crippen LogP contribution in [0.1, 0.15) is 32.8 Å². The lowest BCUT2D eigenvalue weighted by Crippen LogP contribution is -2.35. The molecule has 0 bridgehead atoms. The van der Waals surface area contributed by atoms with E-state index in [1.807, 2.05) is 39.0 Å². The van der Waals surface area contributed by atoms with Gasteiger partial charge in [0.25, 0.3) is 0 Å². The lowest BCUT2D eigenvalue weighted by molar-refractivity contribution is -0.149. The van der Waals surface area contributed by atoms with Crippen LogP contribution in [0, 0.1) is 6.92 Å². The summed E-state index contributed by atoms with van der Waals surface area (Å²) in [4.78, 5) is 13.0. The lowest BCUT2D eigenvalue weighted by atomic mass is 10.2. The fourth-order valence-corrected chi connectivity index (χ4v) is 6.58. The van der Waals surface area contributed by atoms with E-state index in [0.717, 1.165) is 16.9 Å². The summed E-state index contributed by atoms with van der Waals surface area (Å²) in [5.41, 5.74) is 0.936. The van der Waals surface area contributed by atoms with E-state index in [2.05, 4.69) is 5.09 Å². The van der Waals surface area contributed by atoms with Gasteiger partial charge in [-0.25, -0.2) is 9.65 Å². The number of esters is 1. The number of carbonyl (C=O) groups excluding carboxylic acids is 1. The van der Waals surface area contributed by atoms with E-state index in [1.54, 1.807) is 37.3 Å². The third-order valence-corrected chi connectivity index (χ3v) is 7.76. The van der Waals surface area contributed by atoms with Crippen LogP contribution in [-0.4, -0.2) is 18.1 Å². The summed E-state index contributed by atoms with van der Waals surface area (Å²) >= 11 is 7.14. The second-order valence-corrected chi connectivity index (χ2v) is 11.0. The third-order valence-electron chi connectivity index (χ3n) is 3.81. The molecule has 3 atom stereocenters. The Bertz CT molecular complexity index is 829. The van der Waals surface area contributed by atoms with Gasteiger partial charge < -0.3 is 9.26 Å². The number of para-hydroxylation sites is 1. The second kappa shape index (κ2) is 10.4. The summed E-state index contributed by atoms with van der Waals surface area (Å²) < 4.78 is 24.8. The van der Waals surface area contributed by atoms with Crippen molar-refractivity contribution in [3.63, 3.8) is 0 Å². The molecule has 0 fully saturated rings. The topological polar surface area (TPSA) is 64.6 Å². The van der Waals surface area contributed by atoms with Crippen LogP contribution in [0.25, 0.3) is 0 Å². The zero-order valence-electron chi connectivity index (χ0n) is 16.3. The van der Waals surface area contributed by atoms with Crippen LogP contribution in [0.5, 0.6) is 5.75 Å². The van der Waals surface area contributed by atoms with E-state index in [-0.39, 0.29) is 6.10 Å². The molecule has 0 aromatic heterocycles. The fraction of sp³-hybridized carbons (Fsp3) is 0.350. The number of rotatable bonds is 9. The first kappa shape index (κ1) is 22.8. The van der Waals surface area contributed by atoms with Gasteiger partial charge in [-0.3, -0.25) is 4.79 Å². The van der Waals surface area contributed by atoms with Crippen LogP contribution in [0.4, 0.5) is 0 Å². The standard InChI is InChI=1S/C20H25ClNO4PS/c1-5-15(3)25-20(23)16(4)22-27(24,26-18-9-7-6-8-10-18)28-19-12-14(2)11-17(21)13-19/h6-13,15-16H,5H2,1-4H3,(H,22,24)/t15-,16-,27+/m0/s1. The second-order valence-electron chi connectivity index (χ2n) is 6.46. The van der Waals surface area contributed by atoms with Crippen molar-refractivity contribution in [2.45, 2.75) is 51.2 Å². The molecule has 0 saturated carbocycles. The third kappa shape index (κ3) is 7.17. The van der Waals surface area contributed by atoms with Gasteiger partial charge in [0.2, 0.25) is 0 Å². The zero-order valence-corrected chi connectivity index (χ0v) is 18.8. The Labute approximate surface area is 175 Å². The van der Waals surface area contributed by atoms with Crippen LogP contribution in [-0.2, 0) is 14.1 Å². The van der Waals surface area contributed by atoms with Crippen molar-refractivity contribution in [3.05, 3.63) is 59.1 Å². The highest BCUT2D eigenvalue weighted by atomic mass is 35.5. The average molecular weight is 442 g/mol. The molecular formula is C20H25ClNO4PS. The van der Waals surface area contributed by atoms with Gasteiger partial charge >= 0.3 is 12.7 Å². The van der Waals surface area contributed by atoms with Crippen LogP contribution in [0.15, 0.2) is 53.4 Å². The fourth-order valence-electron chi connectivity index (χ4n) is 2.26. The van der Waals surface area contributed by atoms with Crippen molar-refractivity contribution in [1.29, 1.82) is 0 Å². The maximum Gasteiger partial charge on any atom is 0.379 e. The molecule has 2 aromatic rings. The van der Waals surface area contributed by atoms with E-state index < -0.39 is 18.7 Å². The molecule has 0 amide bonds. The number of hydrogen-bond donors (Lipinski definition) is 1. The molecule has 0 radical (unpaired) electrons. The minimum absolute atomic E-state index is 0.214. The van der Waals surface area contributed by atoms with Crippen LogP contribution >= 0.6 is 29.7 Å². The van der Waals surface area contributed by atoms with Crippen molar-refractivity contribution in [2.75, 3.05) is 0 Å². The smallest absolute Gasteiger partial charge is 0.379 e. The first-order chi connectivity index (χ1) is 13.2. The van der Waals surface area contributed by atoms with E-state index in [9.17, 15) is 9.36 Å². The number of halogens is 1. The number of hydrogen-bond acceptors (Lipinski definition) is 5. The number of aryl methyl sites for hydroxylation is 1. The predicted molar refractivity (Wildman–Crippen MR) is 115 cm³/mol. The Morgan fingerprint density at radius 3 is 2.50 bits per heavy atom. The van der Waals surface area contributed by atoms with E-state index >= 15 is 0 Å². The monoisotopic (exact) mass is 441 g/mol. The molecule has 8 heteroatoms. The molecule has 2 rings (SSSR count). The molecule has 0 spiro atoms. The SMILES string of the molecule is CC[C@H](C)OC(=O)[C@H](C)N[P@@](=O)(Oc1ccccc1)Sc1cc(C)cc(Cl)c1. The molecule has 0 aliphatic heterocycles. The zero-order chi connectivity index (χ0) is 20.7. The van der Waals surface area contributed by atoms with Gasteiger partial charge in [0.15, 0.2) is 0 Å². The van der Waals surface area contributed by atoms with Gasteiger partial charge in [-0.2, -0.15) is 0 Å². The Hall–Kier alpha value is -1.46. The van der Waals surface area contributed by atoms with Gasteiger partial charge in [0.1, 0.15) is 11.8 Å². The molecule has 152 valence electrons. The maximum atomic E-state index is 13.6. The van der Waals surface area contributed by atoms with E-state index in [1.165, 1.54) is 0 Å². The highest BCUT2D eigenvalue weighted by molar-refractivity contribution is 8.56. The molecule has 0 saturated heterocycles. The minimum atomic E-state index is -3.56. The number of ether oxygens (including phenoxy) is 1. The van der Waals surface area contributed by atoms with Gasteiger partial charge in [0.05, 0.1) is 6.10 Å². The summed E-state index contributed by atoms with van der Waals surface area (Å²) in [6.07, 6.45) is 0.488. The predicted octanol–water partition coefficient (Wildman–Crippen LogP) is 6.25. The molecule has 0 aliphatic rings. The normalized spacial score (nSPS) is 15.3. The molecule has 28 heavy (non-hydrogen) atoms. The minimum Gasteiger partial charge on any atom is -0.462 e. The van der Waals surface area contributed by atoms with Crippen molar-refractivity contribution in [1.82, 2.24) is 5.09 Å². The number of benzene rings is 2. The summed E-state index contributed by atoms with van der Waals surface area (Å²) in [5.74, 6) is -0.0406. The van der Waals surface area contributed by atoms with Gasteiger partial charge in [-0.15, -0.1) is 0 Å². The van der Waals surface area contributed by atoms with Crippen molar-refractivity contribution >= 4 is 35.7 Å². The molecule has 5 nitrogen and oxygen atoms in total. The Morgan fingerprint density at radius 1 is 1.21 bits per heavy atom. The highest BCUT2D eigenvalue weighted by Gasteiger charge is 2.32. The van der Waals surface area contributed by atoms with Crippen LogP contribution in [0.2, 0.25) is 5.02 Å². The highest BCUT2D eigenvalue weighted by Crippen LogP contribution is 2.59. The van der Waals surface area contributed by atoms with Gasteiger partial charge in [0, 0.05) is 9.92 Å². The summed E-state index contributed by atoms with van der Waals surface area (Å²) in [7, 11) is 0. The Balaban J connectivity index is 2.25. The maximum absolute atomic E-state index is 13.6. The summed E-state index contributed by atoms with van der Waals surface area (Å²) in [6, 6.07) is 13.4. The average Bonchev–Trinajstić information content (AvgIpc) is 2.60. The molecule has 2 aromatic carbocycles. The van der Waals surface area contributed by atoms with Gasteiger partial charge in [-0.1, -0.05) is 36.7 Å². The largest absolute Gasteiger partial charge is 0.462 e. The summed E-state index contributed by atoms with van der Waals surface area (Å²) in [5, 5.41) is 3.38. The molecular weight excluding hydrogens is 417 g/mol. The first-order valence-electron chi connectivity index (χ1n) is 9.00. The van der Waals surface area contributed by atoms with E-state index in [0.29, 0.717) is 22.1 Å².